The van der Waals surface area contributed by atoms with Crippen molar-refractivity contribution in [1.82, 2.24) is 20.1 Å². The molecule has 0 saturated carbocycles. The lowest BCUT2D eigenvalue weighted by atomic mass is 10.2. The number of aromatic nitrogens is 1. The van der Waals surface area contributed by atoms with E-state index in [0.29, 0.717) is 6.54 Å². The molecule has 1 aliphatic heterocycles. The number of nitrogens with one attached hydrogen (secondary N) is 1. The van der Waals surface area contributed by atoms with Gasteiger partial charge in [0.15, 0.2) is 5.58 Å². The van der Waals surface area contributed by atoms with Crippen molar-refractivity contribution < 1.29 is 9.21 Å². The number of piperazine rings is 1. The van der Waals surface area contributed by atoms with Crippen LogP contribution in [0.4, 0.5) is 4.79 Å². The van der Waals surface area contributed by atoms with Crippen LogP contribution in [0.25, 0.3) is 11.1 Å². The van der Waals surface area contributed by atoms with Crippen LogP contribution in [0.1, 0.15) is 26.2 Å². The number of hydrogen-bond acceptors (Lipinski definition) is 4. The molecule has 1 saturated heterocycles. The molecule has 1 N–H and O–H groups in total. The Morgan fingerprint density at radius 1 is 1.30 bits per heavy atom. The molecule has 1 aromatic carbocycles. The minimum atomic E-state index is 0.0425. The van der Waals surface area contributed by atoms with E-state index in [1.54, 1.807) is 0 Å². The highest BCUT2D eigenvalue weighted by atomic mass is 16.3. The molecular weight excluding hydrogens is 292 g/mol. The van der Waals surface area contributed by atoms with E-state index in [1.807, 2.05) is 36.1 Å². The maximum atomic E-state index is 12.1. The van der Waals surface area contributed by atoms with Gasteiger partial charge >= 0.3 is 6.03 Å². The van der Waals surface area contributed by atoms with Crippen LogP contribution in [0.3, 0.4) is 0 Å². The zero-order valence-electron chi connectivity index (χ0n) is 13.8. The number of oxazole rings is 1. The quantitative estimate of drug-likeness (QED) is 0.941. The number of carbonyl (C=O) groups is 1. The molecule has 124 valence electrons. The first-order valence-corrected chi connectivity index (χ1v) is 8.28. The van der Waals surface area contributed by atoms with E-state index in [0.717, 1.165) is 49.6 Å². The van der Waals surface area contributed by atoms with Crippen LogP contribution in [-0.2, 0) is 6.54 Å². The van der Waals surface area contributed by atoms with Gasteiger partial charge in [0.25, 0.3) is 0 Å². The zero-order chi connectivity index (χ0) is 16.2. The van der Waals surface area contributed by atoms with E-state index < -0.39 is 0 Å². The maximum Gasteiger partial charge on any atom is 0.317 e. The van der Waals surface area contributed by atoms with Gasteiger partial charge < -0.3 is 14.6 Å². The monoisotopic (exact) mass is 316 g/mol. The zero-order valence-corrected chi connectivity index (χ0v) is 13.8. The van der Waals surface area contributed by atoms with Crippen LogP contribution < -0.4 is 5.32 Å². The predicted octanol–water partition coefficient (Wildman–Crippen LogP) is 2.45. The Hall–Kier alpha value is -2.08. The smallest absolute Gasteiger partial charge is 0.317 e. The minimum absolute atomic E-state index is 0.0425. The molecule has 0 bridgehead atoms. The van der Waals surface area contributed by atoms with Crippen molar-refractivity contribution in [3.05, 3.63) is 30.2 Å². The van der Waals surface area contributed by atoms with Crippen molar-refractivity contribution in [2.75, 3.05) is 26.2 Å². The second-order valence-corrected chi connectivity index (χ2v) is 6.10. The summed E-state index contributed by atoms with van der Waals surface area (Å²) in [6, 6.07) is 8.07. The summed E-state index contributed by atoms with van der Waals surface area (Å²) in [5.41, 5.74) is 1.73. The Morgan fingerprint density at radius 3 is 2.74 bits per heavy atom. The van der Waals surface area contributed by atoms with E-state index in [-0.39, 0.29) is 12.1 Å². The van der Waals surface area contributed by atoms with Crippen molar-refractivity contribution in [1.29, 1.82) is 0 Å². The number of urea groups is 1. The lowest BCUT2D eigenvalue weighted by Crippen LogP contribution is -2.52. The van der Waals surface area contributed by atoms with Gasteiger partial charge in [-0.1, -0.05) is 19.1 Å². The fraction of sp³-hybridized carbons (Fsp3) is 0.529. The van der Waals surface area contributed by atoms with Crippen molar-refractivity contribution in [3.8, 4) is 0 Å². The van der Waals surface area contributed by atoms with Gasteiger partial charge in [-0.25, -0.2) is 9.78 Å². The molecule has 6 heteroatoms. The second-order valence-electron chi connectivity index (χ2n) is 6.10. The molecule has 1 aliphatic rings. The Bertz CT molecular complexity index is 628. The van der Waals surface area contributed by atoms with Gasteiger partial charge in [0.05, 0.1) is 6.54 Å². The molecule has 1 aromatic heterocycles. The highest BCUT2D eigenvalue weighted by Gasteiger charge is 2.22. The maximum absolute atomic E-state index is 12.1. The molecule has 6 nitrogen and oxygen atoms in total. The average Bonchev–Trinajstić information content (AvgIpc) is 2.97. The van der Waals surface area contributed by atoms with E-state index in [9.17, 15) is 4.79 Å². The number of carbonyl (C=O) groups excluding carboxylic acids is 1. The normalized spacial score (nSPS) is 17.4. The Labute approximate surface area is 136 Å². The number of benzene rings is 1. The second kappa shape index (κ2) is 7.00. The van der Waals surface area contributed by atoms with Gasteiger partial charge in [0, 0.05) is 32.2 Å². The number of fused-ring (bicyclic) bond motifs is 1. The molecule has 2 amide bonds. The predicted molar refractivity (Wildman–Crippen MR) is 89.1 cm³/mol. The summed E-state index contributed by atoms with van der Waals surface area (Å²) in [6.07, 6.45) is 0.948. The van der Waals surface area contributed by atoms with Crippen LogP contribution in [0.15, 0.2) is 28.7 Å². The molecule has 0 radical (unpaired) electrons. The molecule has 0 aliphatic carbocycles. The van der Waals surface area contributed by atoms with Crippen molar-refractivity contribution in [3.63, 3.8) is 0 Å². The van der Waals surface area contributed by atoms with Gasteiger partial charge in [-0.05, 0) is 25.5 Å². The molecule has 3 rings (SSSR count). The van der Waals surface area contributed by atoms with Gasteiger partial charge in [-0.2, -0.15) is 0 Å². The van der Waals surface area contributed by atoms with Gasteiger partial charge in [0.1, 0.15) is 5.52 Å². The van der Waals surface area contributed by atoms with Crippen molar-refractivity contribution in [2.24, 2.45) is 0 Å². The summed E-state index contributed by atoms with van der Waals surface area (Å²) >= 11 is 0. The summed E-state index contributed by atoms with van der Waals surface area (Å²) < 4.78 is 5.77. The van der Waals surface area contributed by atoms with Gasteiger partial charge in [-0.15, -0.1) is 0 Å². The number of hydrogen-bond donors (Lipinski definition) is 1. The Kier molecular flexibility index (Phi) is 4.81. The van der Waals surface area contributed by atoms with E-state index >= 15 is 0 Å². The fourth-order valence-electron chi connectivity index (χ4n) is 2.69. The third-order valence-electron chi connectivity index (χ3n) is 4.34. The summed E-state index contributed by atoms with van der Waals surface area (Å²) in [6.45, 7) is 7.95. The van der Waals surface area contributed by atoms with Crippen LogP contribution >= 0.6 is 0 Å². The summed E-state index contributed by atoms with van der Waals surface area (Å²) in [4.78, 5) is 20.8. The molecule has 1 atom stereocenters. The molecule has 1 fully saturated rings. The highest BCUT2D eigenvalue weighted by molar-refractivity contribution is 5.74. The van der Waals surface area contributed by atoms with E-state index in [2.05, 4.69) is 22.1 Å². The number of amides is 2. The third kappa shape index (κ3) is 3.82. The Morgan fingerprint density at radius 2 is 2.04 bits per heavy atom. The summed E-state index contributed by atoms with van der Waals surface area (Å²) in [5.74, 6) is 0.740. The van der Waals surface area contributed by atoms with Crippen LogP contribution in [0.2, 0.25) is 0 Å². The number of rotatable bonds is 4. The first kappa shape index (κ1) is 15.8. The number of nitrogens with zero attached hydrogens (tertiary/aromatic N) is 3. The lowest BCUT2D eigenvalue weighted by molar-refractivity contribution is 0.128. The SMILES string of the molecule is CC[C@@H](C)NC(=O)N1CCN(Cc2nc3ccccc3o2)CC1. The molecule has 0 unspecified atom stereocenters. The topological polar surface area (TPSA) is 61.6 Å². The first-order chi connectivity index (χ1) is 11.2. The van der Waals surface area contributed by atoms with Crippen LogP contribution in [0.5, 0.6) is 0 Å². The first-order valence-electron chi connectivity index (χ1n) is 8.28. The molecule has 23 heavy (non-hydrogen) atoms. The highest BCUT2D eigenvalue weighted by Crippen LogP contribution is 2.16. The molecular formula is C17H24N4O2. The summed E-state index contributed by atoms with van der Waals surface area (Å²) in [5, 5.41) is 3.02. The third-order valence-corrected chi connectivity index (χ3v) is 4.34. The standard InChI is InChI=1S/C17H24N4O2/c1-3-13(2)18-17(22)21-10-8-20(9-11-21)12-16-19-14-6-4-5-7-15(14)23-16/h4-7,13H,3,8-12H2,1-2H3,(H,18,22)/t13-/m1/s1. The van der Waals surface area contributed by atoms with Crippen molar-refractivity contribution in [2.45, 2.75) is 32.9 Å². The largest absolute Gasteiger partial charge is 0.439 e. The van der Waals surface area contributed by atoms with E-state index in [1.165, 1.54) is 0 Å². The average molecular weight is 316 g/mol. The molecule has 0 spiro atoms. The fourth-order valence-corrected chi connectivity index (χ4v) is 2.69. The van der Waals surface area contributed by atoms with Crippen molar-refractivity contribution >= 4 is 17.1 Å². The van der Waals surface area contributed by atoms with Crippen LogP contribution in [0, 0.1) is 0 Å². The van der Waals surface area contributed by atoms with Gasteiger partial charge in [-0.3, -0.25) is 4.90 Å². The van der Waals surface area contributed by atoms with Gasteiger partial charge in [0.2, 0.25) is 5.89 Å². The summed E-state index contributed by atoms with van der Waals surface area (Å²) in [7, 11) is 0. The minimum Gasteiger partial charge on any atom is -0.439 e. The lowest BCUT2D eigenvalue weighted by Gasteiger charge is -2.34. The molecule has 2 aromatic rings. The Balaban J connectivity index is 1.52. The van der Waals surface area contributed by atoms with Crippen LogP contribution in [-0.4, -0.2) is 53.0 Å². The number of para-hydroxylation sites is 2. The molecule has 2 heterocycles. The van der Waals surface area contributed by atoms with E-state index in [4.69, 9.17) is 4.42 Å².